The summed E-state index contributed by atoms with van der Waals surface area (Å²) in [7, 11) is 0. The third kappa shape index (κ3) is 5.43. The predicted octanol–water partition coefficient (Wildman–Crippen LogP) is 6.66. The highest BCUT2D eigenvalue weighted by Gasteiger charge is 2.17. The number of imidazole rings is 1. The summed E-state index contributed by atoms with van der Waals surface area (Å²) in [5, 5.41) is 4.36. The topological polar surface area (TPSA) is 59.3 Å². The molecule has 0 aliphatic rings. The van der Waals surface area contributed by atoms with Gasteiger partial charge < -0.3 is 9.72 Å². The zero-order chi connectivity index (χ0) is 24.9. The van der Waals surface area contributed by atoms with Crippen LogP contribution < -0.4 is 5.32 Å². The van der Waals surface area contributed by atoms with Gasteiger partial charge in [-0.2, -0.15) is 0 Å². The highest BCUT2D eigenvalue weighted by atomic mass is 35.5. The molecule has 36 heavy (non-hydrogen) atoms. The number of hydrogen-bond acceptors (Lipinski definition) is 3. The molecule has 0 atom stereocenters. The summed E-state index contributed by atoms with van der Waals surface area (Å²) in [5.41, 5.74) is 6.44. The van der Waals surface area contributed by atoms with E-state index in [0.29, 0.717) is 35.9 Å². The Morgan fingerprint density at radius 1 is 0.861 bits per heavy atom. The van der Waals surface area contributed by atoms with Gasteiger partial charge >= 0.3 is 0 Å². The number of benzene rings is 2. The maximum Gasteiger partial charge on any atom is 0.220 e. The van der Waals surface area contributed by atoms with Crippen molar-refractivity contribution in [2.45, 2.75) is 19.3 Å². The van der Waals surface area contributed by atoms with Crippen LogP contribution in [0.4, 0.5) is 0 Å². The number of aryl methyl sites for hydroxylation is 1. The van der Waals surface area contributed by atoms with Gasteiger partial charge in [0.15, 0.2) is 0 Å². The van der Waals surface area contributed by atoms with Crippen molar-refractivity contribution in [1.29, 1.82) is 0 Å². The van der Waals surface area contributed by atoms with Crippen LogP contribution in [0.3, 0.4) is 0 Å². The maximum atomic E-state index is 12.7. The number of carbonyl (C=O) groups excluding carboxylic acids is 1. The number of nitrogens with zero attached hydrogens (tertiary/aromatic N) is 3. The first-order chi connectivity index (χ1) is 17.6. The first-order valence-corrected chi connectivity index (χ1v) is 12.5. The predicted molar refractivity (Wildman–Crippen MR) is 145 cm³/mol. The molecular formula is C29H24Cl2N4O. The fourth-order valence-corrected chi connectivity index (χ4v) is 4.59. The van der Waals surface area contributed by atoms with E-state index in [2.05, 4.69) is 14.7 Å². The summed E-state index contributed by atoms with van der Waals surface area (Å²) in [6, 6.07) is 25.2. The van der Waals surface area contributed by atoms with Gasteiger partial charge in [-0.05, 0) is 54.4 Å². The van der Waals surface area contributed by atoms with E-state index in [1.165, 1.54) is 0 Å². The van der Waals surface area contributed by atoms with Crippen LogP contribution in [0, 0.1) is 0 Å². The Balaban J connectivity index is 1.42. The monoisotopic (exact) mass is 514 g/mol. The number of pyridine rings is 2. The highest BCUT2D eigenvalue weighted by Crippen LogP contribution is 2.31. The Labute approximate surface area is 219 Å². The van der Waals surface area contributed by atoms with Gasteiger partial charge in [0.2, 0.25) is 5.91 Å². The third-order valence-corrected chi connectivity index (χ3v) is 6.62. The van der Waals surface area contributed by atoms with Gasteiger partial charge in [0.25, 0.3) is 0 Å². The van der Waals surface area contributed by atoms with Crippen molar-refractivity contribution >= 4 is 34.8 Å². The minimum absolute atomic E-state index is 0.00908. The SMILES string of the molecule is O=C(CCc1c(-c2ccc(Cl)cc2)nc2ccc(-c3ccccc3Cl)cn12)NCCc1ccccn1. The second kappa shape index (κ2) is 10.9. The number of hydrogen-bond donors (Lipinski definition) is 1. The van der Waals surface area contributed by atoms with Crippen LogP contribution in [0.15, 0.2) is 91.3 Å². The molecule has 0 saturated heterocycles. The fourth-order valence-electron chi connectivity index (χ4n) is 4.22. The molecule has 0 bridgehead atoms. The molecule has 5 aromatic rings. The summed E-state index contributed by atoms with van der Waals surface area (Å²) >= 11 is 12.6. The van der Waals surface area contributed by atoms with Crippen LogP contribution in [0.25, 0.3) is 28.0 Å². The zero-order valence-electron chi connectivity index (χ0n) is 19.5. The first-order valence-electron chi connectivity index (χ1n) is 11.8. The van der Waals surface area contributed by atoms with Crippen LogP contribution in [0.1, 0.15) is 17.8 Å². The molecule has 5 rings (SSSR count). The Hall–Kier alpha value is -3.67. The van der Waals surface area contributed by atoms with Crippen molar-refractivity contribution in [3.63, 3.8) is 0 Å². The lowest BCUT2D eigenvalue weighted by Crippen LogP contribution is -2.26. The fraction of sp³-hybridized carbons (Fsp3) is 0.138. The lowest BCUT2D eigenvalue weighted by atomic mass is 10.1. The molecule has 7 heteroatoms. The van der Waals surface area contributed by atoms with Gasteiger partial charge in [-0.1, -0.05) is 59.6 Å². The van der Waals surface area contributed by atoms with Gasteiger partial charge in [0.05, 0.1) is 11.4 Å². The van der Waals surface area contributed by atoms with Crippen molar-refractivity contribution in [3.8, 4) is 22.4 Å². The Bertz CT molecular complexity index is 1500. The smallest absolute Gasteiger partial charge is 0.220 e. The van der Waals surface area contributed by atoms with E-state index >= 15 is 0 Å². The number of carbonyl (C=O) groups is 1. The summed E-state index contributed by atoms with van der Waals surface area (Å²) in [4.78, 5) is 21.9. The normalized spacial score (nSPS) is 11.1. The lowest BCUT2D eigenvalue weighted by Gasteiger charge is -2.09. The zero-order valence-corrected chi connectivity index (χ0v) is 21.0. The number of halogens is 2. The van der Waals surface area contributed by atoms with Crippen LogP contribution >= 0.6 is 23.2 Å². The molecule has 2 aromatic carbocycles. The van der Waals surface area contributed by atoms with Crippen LogP contribution in [-0.2, 0) is 17.6 Å². The van der Waals surface area contributed by atoms with Crippen LogP contribution in [0.5, 0.6) is 0 Å². The largest absolute Gasteiger partial charge is 0.356 e. The first kappa shape index (κ1) is 24.0. The van der Waals surface area contributed by atoms with Crippen LogP contribution in [-0.4, -0.2) is 26.8 Å². The van der Waals surface area contributed by atoms with E-state index in [-0.39, 0.29) is 5.91 Å². The molecule has 1 N–H and O–H groups in total. The van der Waals surface area contributed by atoms with E-state index < -0.39 is 0 Å². The molecule has 3 heterocycles. The molecule has 180 valence electrons. The highest BCUT2D eigenvalue weighted by molar-refractivity contribution is 6.33. The molecule has 0 aliphatic heterocycles. The molecule has 3 aromatic heterocycles. The summed E-state index contributed by atoms with van der Waals surface area (Å²) in [6.07, 6.45) is 5.36. The average molecular weight is 515 g/mol. The Morgan fingerprint density at radius 3 is 2.42 bits per heavy atom. The summed E-state index contributed by atoms with van der Waals surface area (Å²) < 4.78 is 2.06. The van der Waals surface area contributed by atoms with Crippen molar-refractivity contribution in [2.75, 3.05) is 6.54 Å². The molecule has 0 saturated carbocycles. The van der Waals surface area contributed by atoms with E-state index in [1.54, 1.807) is 6.20 Å². The van der Waals surface area contributed by atoms with E-state index in [1.807, 2.05) is 85.1 Å². The van der Waals surface area contributed by atoms with Crippen molar-refractivity contribution in [1.82, 2.24) is 19.7 Å². The second-order valence-electron chi connectivity index (χ2n) is 8.46. The van der Waals surface area contributed by atoms with Crippen molar-refractivity contribution in [2.24, 2.45) is 0 Å². The van der Waals surface area contributed by atoms with E-state index in [4.69, 9.17) is 28.2 Å². The lowest BCUT2D eigenvalue weighted by molar-refractivity contribution is -0.121. The Kier molecular flexibility index (Phi) is 7.31. The molecule has 0 spiro atoms. The molecule has 0 aliphatic carbocycles. The van der Waals surface area contributed by atoms with Gasteiger partial charge in [-0.25, -0.2) is 4.98 Å². The number of amides is 1. The van der Waals surface area contributed by atoms with Gasteiger partial charge in [0.1, 0.15) is 5.65 Å². The van der Waals surface area contributed by atoms with Crippen molar-refractivity contribution < 1.29 is 4.79 Å². The van der Waals surface area contributed by atoms with Gasteiger partial charge in [0, 0.05) is 58.6 Å². The molecule has 0 radical (unpaired) electrons. The minimum atomic E-state index is -0.00908. The summed E-state index contributed by atoms with van der Waals surface area (Å²) in [6.45, 7) is 0.545. The standard InChI is InChI=1S/C29H24Cl2N4O/c30-22-11-8-20(9-12-22)29-26(13-15-28(36)33-18-16-23-5-3-4-17-32-23)35-19-21(10-14-27(35)34-29)24-6-1-2-7-25(24)31/h1-12,14,17,19H,13,15-16,18H2,(H,33,36). The average Bonchev–Trinajstić information content (AvgIpc) is 3.26. The van der Waals surface area contributed by atoms with Crippen molar-refractivity contribution in [3.05, 3.63) is 113 Å². The maximum absolute atomic E-state index is 12.7. The summed E-state index contributed by atoms with van der Waals surface area (Å²) in [5.74, 6) is -0.00908. The van der Waals surface area contributed by atoms with E-state index in [0.717, 1.165) is 39.4 Å². The number of fused-ring (bicyclic) bond motifs is 1. The Morgan fingerprint density at radius 2 is 1.64 bits per heavy atom. The van der Waals surface area contributed by atoms with Crippen LogP contribution in [0.2, 0.25) is 10.0 Å². The molecule has 0 fully saturated rings. The second-order valence-corrected chi connectivity index (χ2v) is 9.30. The molecule has 5 nitrogen and oxygen atoms in total. The third-order valence-electron chi connectivity index (χ3n) is 6.04. The minimum Gasteiger partial charge on any atom is -0.356 e. The van der Waals surface area contributed by atoms with Gasteiger partial charge in [-0.3, -0.25) is 9.78 Å². The molecule has 0 unspecified atom stereocenters. The van der Waals surface area contributed by atoms with E-state index in [9.17, 15) is 4.79 Å². The number of rotatable bonds is 8. The number of aromatic nitrogens is 3. The van der Waals surface area contributed by atoms with Gasteiger partial charge in [-0.15, -0.1) is 0 Å². The number of nitrogens with one attached hydrogen (secondary N) is 1. The molecular weight excluding hydrogens is 491 g/mol. The molecule has 1 amide bonds. The quantitative estimate of drug-likeness (QED) is 0.251.